The normalized spacial score (nSPS) is 14.3. The van der Waals surface area contributed by atoms with Gasteiger partial charge in [0.05, 0.1) is 12.1 Å². The van der Waals surface area contributed by atoms with Crippen molar-refractivity contribution >= 4 is 5.91 Å². The maximum atomic E-state index is 12.6. The number of aromatic hydroxyl groups is 1. The van der Waals surface area contributed by atoms with Crippen LogP contribution in [0.2, 0.25) is 0 Å². The number of phenols is 1. The van der Waals surface area contributed by atoms with Gasteiger partial charge in [-0.1, -0.05) is 41.6 Å². The number of likely N-dealkylation sites (tertiary alicyclic amines) is 1. The minimum atomic E-state index is -4.77. The van der Waals surface area contributed by atoms with Crippen LogP contribution in [0.5, 0.6) is 11.5 Å². The molecule has 1 unspecified atom stereocenters. The van der Waals surface area contributed by atoms with E-state index in [9.17, 15) is 23.1 Å². The van der Waals surface area contributed by atoms with E-state index in [-0.39, 0.29) is 40.7 Å². The van der Waals surface area contributed by atoms with Gasteiger partial charge in [0.25, 0.3) is 11.8 Å². The fourth-order valence-corrected chi connectivity index (χ4v) is 5.74. The first kappa shape index (κ1) is 31.8. The quantitative estimate of drug-likeness (QED) is 0.167. The Morgan fingerprint density at radius 2 is 1.77 bits per heavy atom. The standard InChI is InChI=1S/C34H33F3N6O4/c1-22-20-28(33-39-31(41-47-33)25-12-14-26(15-13-25)46-34(35,36)37)40-43(22)21-23-8-10-24(11-9-23)29(42-18-4-5-19-42)16-17-38-32(45)27-6-2-3-7-30(27)44/h2-3,6-15,20,29,44H,4-5,16-19,21H2,1H3,(H,38,45). The lowest BCUT2D eigenvalue weighted by Gasteiger charge is -2.28. The number of aryl methyl sites for hydroxylation is 1. The summed E-state index contributed by atoms with van der Waals surface area (Å²) in [6.07, 6.45) is -1.75. The van der Waals surface area contributed by atoms with Gasteiger partial charge in [-0.25, -0.2) is 0 Å². The molecule has 244 valence electrons. The largest absolute Gasteiger partial charge is 0.573 e. The molecule has 0 saturated carbocycles. The third-order valence-corrected chi connectivity index (χ3v) is 8.10. The third-order valence-electron chi connectivity index (χ3n) is 8.10. The number of amides is 1. The number of rotatable bonds is 11. The highest BCUT2D eigenvalue weighted by molar-refractivity contribution is 5.96. The molecule has 0 bridgehead atoms. The van der Waals surface area contributed by atoms with E-state index in [0.717, 1.165) is 43.6 Å². The predicted octanol–water partition coefficient (Wildman–Crippen LogP) is 6.52. The monoisotopic (exact) mass is 646 g/mol. The van der Waals surface area contributed by atoms with E-state index in [2.05, 4.69) is 54.5 Å². The number of nitrogens with one attached hydrogen (secondary N) is 1. The van der Waals surface area contributed by atoms with Gasteiger partial charge in [0.15, 0.2) is 5.69 Å². The maximum absolute atomic E-state index is 12.6. The number of carbonyl (C=O) groups is 1. The summed E-state index contributed by atoms with van der Waals surface area (Å²) in [4.78, 5) is 19.5. The number of nitrogens with zero attached hydrogens (tertiary/aromatic N) is 5. The Hall–Kier alpha value is -5.17. The number of para-hydroxylation sites is 1. The van der Waals surface area contributed by atoms with Gasteiger partial charge in [-0.05, 0) is 92.9 Å². The first-order chi connectivity index (χ1) is 22.6. The van der Waals surface area contributed by atoms with Gasteiger partial charge < -0.3 is 19.7 Å². The molecule has 1 fully saturated rings. The van der Waals surface area contributed by atoms with Crippen molar-refractivity contribution in [3.63, 3.8) is 0 Å². The van der Waals surface area contributed by atoms with Crippen LogP contribution in [-0.4, -0.2) is 61.8 Å². The molecule has 1 saturated heterocycles. The SMILES string of the molecule is Cc1cc(-c2nc(-c3ccc(OC(F)(F)F)cc3)no2)nn1Cc1ccc(C(CCNC(=O)c2ccccc2O)N2CCCC2)cc1. The second-order valence-electron chi connectivity index (χ2n) is 11.4. The predicted molar refractivity (Wildman–Crippen MR) is 167 cm³/mol. The Balaban J connectivity index is 1.10. The number of hydrogen-bond donors (Lipinski definition) is 2. The Morgan fingerprint density at radius 1 is 1.04 bits per heavy atom. The summed E-state index contributed by atoms with van der Waals surface area (Å²) in [6, 6.07) is 22.1. The highest BCUT2D eigenvalue weighted by atomic mass is 19.4. The second kappa shape index (κ2) is 13.7. The number of halogens is 3. The van der Waals surface area contributed by atoms with Crippen molar-refractivity contribution in [2.24, 2.45) is 0 Å². The van der Waals surface area contributed by atoms with Crippen LogP contribution in [0.25, 0.3) is 23.0 Å². The molecule has 1 aliphatic heterocycles. The molecule has 10 nitrogen and oxygen atoms in total. The number of phenolic OH excluding ortho intramolecular Hbond substituents is 1. The Labute approximate surface area is 268 Å². The van der Waals surface area contributed by atoms with Crippen molar-refractivity contribution < 1.29 is 32.3 Å². The third kappa shape index (κ3) is 7.80. The van der Waals surface area contributed by atoms with E-state index in [0.29, 0.717) is 24.3 Å². The van der Waals surface area contributed by atoms with Gasteiger partial charge in [-0.2, -0.15) is 10.1 Å². The average molecular weight is 647 g/mol. The lowest BCUT2D eigenvalue weighted by Crippen LogP contribution is -2.31. The van der Waals surface area contributed by atoms with Gasteiger partial charge >= 0.3 is 6.36 Å². The van der Waals surface area contributed by atoms with Crippen LogP contribution >= 0.6 is 0 Å². The molecular weight excluding hydrogens is 613 g/mol. The second-order valence-corrected chi connectivity index (χ2v) is 11.4. The molecule has 6 rings (SSSR count). The molecule has 1 amide bonds. The lowest BCUT2D eigenvalue weighted by molar-refractivity contribution is -0.274. The number of ether oxygens (including phenoxy) is 1. The summed E-state index contributed by atoms with van der Waals surface area (Å²) in [7, 11) is 0. The Bertz CT molecular complexity index is 1810. The number of aromatic nitrogens is 4. The van der Waals surface area contributed by atoms with Crippen LogP contribution in [-0.2, 0) is 6.54 Å². The molecular formula is C34H33F3N6O4. The minimum absolute atomic E-state index is 0.0369. The number of benzene rings is 3. The van der Waals surface area contributed by atoms with Gasteiger partial charge in [0, 0.05) is 23.8 Å². The van der Waals surface area contributed by atoms with Crippen LogP contribution in [0.4, 0.5) is 13.2 Å². The van der Waals surface area contributed by atoms with Crippen molar-refractivity contribution in [3.05, 3.63) is 101 Å². The fraction of sp³-hybridized carbons (Fsp3) is 0.294. The summed E-state index contributed by atoms with van der Waals surface area (Å²) < 4.78 is 48.6. The summed E-state index contributed by atoms with van der Waals surface area (Å²) in [5, 5.41) is 21.6. The molecule has 2 N–H and O–H groups in total. The highest BCUT2D eigenvalue weighted by Gasteiger charge is 2.31. The molecule has 13 heteroatoms. The number of alkyl halides is 3. The first-order valence-electron chi connectivity index (χ1n) is 15.3. The van der Waals surface area contributed by atoms with Crippen molar-refractivity contribution in [2.45, 2.75) is 45.1 Å². The summed E-state index contributed by atoms with van der Waals surface area (Å²) in [5.74, 6) is -0.265. The molecule has 0 radical (unpaired) electrons. The lowest BCUT2D eigenvalue weighted by atomic mass is 10.0. The van der Waals surface area contributed by atoms with Gasteiger partial charge in [-0.15, -0.1) is 13.2 Å². The highest BCUT2D eigenvalue weighted by Crippen LogP contribution is 2.30. The number of hydrogen-bond acceptors (Lipinski definition) is 8. The Kier molecular flexibility index (Phi) is 9.25. The van der Waals surface area contributed by atoms with E-state index in [1.54, 1.807) is 18.2 Å². The fourth-order valence-electron chi connectivity index (χ4n) is 5.74. The summed E-state index contributed by atoms with van der Waals surface area (Å²) >= 11 is 0. The molecule has 1 atom stereocenters. The van der Waals surface area contributed by atoms with Crippen LogP contribution < -0.4 is 10.1 Å². The molecule has 1 aliphatic rings. The zero-order valence-electron chi connectivity index (χ0n) is 25.6. The van der Waals surface area contributed by atoms with Crippen molar-refractivity contribution in [1.82, 2.24) is 30.1 Å². The van der Waals surface area contributed by atoms with E-state index >= 15 is 0 Å². The smallest absolute Gasteiger partial charge is 0.507 e. The van der Waals surface area contributed by atoms with Crippen molar-refractivity contribution in [2.75, 3.05) is 19.6 Å². The molecule has 5 aromatic rings. The van der Waals surface area contributed by atoms with Crippen LogP contribution in [0.1, 0.15) is 52.5 Å². The molecule has 3 aromatic carbocycles. The van der Waals surface area contributed by atoms with Crippen LogP contribution in [0, 0.1) is 6.92 Å². The molecule has 0 spiro atoms. The van der Waals surface area contributed by atoms with E-state index < -0.39 is 6.36 Å². The topological polar surface area (TPSA) is 119 Å². The van der Waals surface area contributed by atoms with Crippen LogP contribution in [0.3, 0.4) is 0 Å². The zero-order chi connectivity index (χ0) is 33.0. The van der Waals surface area contributed by atoms with Gasteiger partial charge in [0.1, 0.15) is 11.5 Å². The van der Waals surface area contributed by atoms with Gasteiger partial charge in [0.2, 0.25) is 5.82 Å². The van der Waals surface area contributed by atoms with Crippen LogP contribution in [0.15, 0.2) is 83.4 Å². The summed E-state index contributed by atoms with van der Waals surface area (Å²) in [5.41, 5.74) is 4.31. The Morgan fingerprint density at radius 3 is 2.47 bits per heavy atom. The zero-order valence-corrected chi connectivity index (χ0v) is 25.6. The van der Waals surface area contributed by atoms with Crippen molar-refractivity contribution in [3.8, 4) is 34.5 Å². The summed E-state index contributed by atoms with van der Waals surface area (Å²) in [6.45, 7) is 4.92. The van der Waals surface area contributed by atoms with E-state index in [4.69, 9.17) is 4.52 Å². The molecule has 3 heterocycles. The number of carbonyl (C=O) groups excluding carboxylic acids is 1. The average Bonchev–Trinajstić information content (AvgIpc) is 3.82. The molecule has 2 aromatic heterocycles. The van der Waals surface area contributed by atoms with Crippen molar-refractivity contribution in [1.29, 1.82) is 0 Å². The first-order valence-corrected chi connectivity index (χ1v) is 15.3. The maximum Gasteiger partial charge on any atom is 0.573 e. The molecule has 47 heavy (non-hydrogen) atoms. The molecule has 0 aliphatic carbocycles. The van der Waals surface area contributed by atoms with Gasteiger partial charge in [-0.3, -0.25) is 14.4 Å². The van der Waals surface area contributed by atoms with E-state index in [1.165, 1.54) is 35.9 Å². The minimum Gasteiger partial charge on any atom is -0.507 e. The van der Waals surface area contributed by atoms with E-state index in [1.807, 2.05) is 17.7 Å².